The van der Waals surface area contributed by atoms with Crippen LogP contribution in [-0.2, 0) is 0 Å². The second-order valence-corrected chi connectivity index (χ2v) is 10.2. The molecule has 1 nitrogen and oxygen atoms in total. The summed E-state index contributed by atoms with van der Waals surface area (Å²) in [5, 5.41) is 7.00. The molecule has 0 radical (unpaired) electrons. The zero-order valence-corrected chi connectivity index (χ0v) is 35.1. The van der Waals surface area contributed by atoms with Crippen molar-refractivity contribution in [1.29, 1.82) is 0 Å². The molecule has 0 bridgehead atoms. The molecule has 0 aromatic heterocycles. The summed E-state index contributed by atoms with van der Waals surface area (Å²) < 4.78 is 0. The first-order chi connectivity index (χ1) is 23.6. The fourth-order valence-electron chi connectivity index (χ4n) is 3.28. The minimum atomic E-state index is 1.00. The molecular weight excluding hydrogens is 593 g/mol. The number of aliphatic hydroxyl groups is 1. The van der Waals surface area contributed by atoms with Crippen LogP contribution in [0.4, 0.5) is 0 Å². The van der Waals surface area contributed by atoms with E-state index in [-0.39, 0.29) is 0 Å². The highest BCUT2D eigenvalue weighted by Gasteiger charge is 1.84. The van der Waals surface area contributed by atoms with Crippen molar-refractivity contribution in [2.24, 2.45) is 0 Å². The lowest BCUT2D eigenvalue weighted by molar-refractivity contribution is 0.399. The maximum absolute atomic E-state index is 7.00. The van der Waals surface area contributed by atoms with E-state index < -0.39 is 0 Å². The first-order valence-corrected chi connectivity index (χ1v) is 18.1. The van der Waals surface area contributed by atoms with Crippen LogP contribution >= 0.6 is 0 Å². The monoisotopic (exact) mass is 669 g/mol. The smallest absolute Gasteiger partial charge is 0.0319 e. The standard InChI is InChI=1S/4C8H10.C7H8.4C2H6.CH4O/c2*1-7-3-5-8(2)6-4-7;1-7-4-3-5-8(2)6-7;1-7-5-3-4-6-8(7)2;1-7-5-3-2-4-6-7;5*1-2/h4*3-6H,1-2H3;2-6H,1H3;4*1-2H3;2H,1H3. The molecule has 0 heterocycles. The molecule has 0 spiro atoms. The van der Waals surface area contributed by atoms with Gasteiger partial charge in [0.1, 0.15) is 0 Å². The van der Waals surface area contributed by atoms with Crippen LogP contribution in [0.3, 0.4) is 0 Å². The fraction of sp³-hybridized carbons (Fsp3) is 0.375. The normalized spacial score (nSPS) is 7.90. The molecular formula is C48H76O. The fourth-order valence-corrected chi connectivity index (χ4v) is 3.28. The quantitative estimate of drug-likeness (QED) is 0.174. The Morgan fingerprint density at radius 1 is 0.245 bits per heavy atom. The minimum Gasteiger partial charge on any atom is -0.400 e. The number of aliphatic hydroxyl groups excluding tert-OH is 1. The van der Waals surface area contributed by atoms with Gasteiger partial charge in [0.15, 0.2) is 0 Å². The van der Waals surface area contributed by atoms with Crippen molar-refractivity contribution in [3.8, 4) is 0 Å². The Hall–Kier alpha value is -3.94. The van der Waals surface area contributed by atoms with E-state index in [4.69, 9.17) is 5.11 Å². The van der Waals surface area contributed by atoms with E-state index in [1.807, 2.05) is 73.6 Å². The third kappa shape index (κ3) is 38.4. The van der Waals surface area contributed by atoms with Gasteiger partial charge in [0.2, 0.25) is 0 Å². The van der Waals surface area contributed by atoms with Crippen molar-refractivity contribution in [1.82, 2.24) is 0 Å². The van der Waals surface area contributed by atoms with Gasteiger partial charge < -0.3 is 5.11 Å². The van der Waals surface area contributed by atoms with E-state index in [2.05, 4.69) is 172 Å². The van der Waals surface area contributed by atoms with Crippen molar-refractivity contribution >= 4 is 0 Å². The third-order valence-electron chi connectivity index (χ3n) is 5.98. The number of benzene rings is 5. The predicted octanol–water partition coefficient (Wildman–Crippen LogP) is 14.9. The summed E-state index contributed by atoms with van der Waals surface area (Å²) in [7, 11) is 1.00. The van der Waals surface area contributed by atoms with Crippen LogP contribution in [0, 0.1) is 62.3 Å². The molecule has 0 aliphatic heterocycles. The SMILES string of the molecule is CC.CC.CC.CC.CO.Cc1ccc(C)cc1.Cc1ccc(C)cc1.Cc1cccc(C)c1.Cc1ccccc1.Cc1ccccc1C. The van der Waals surface area contributed by atoms with Crippen LogP contribution in [0.5, 0.6) is 0 Å². The second-order valence-electron chi connectivity index (χ2n) is 10.2. The van der Waals surface area contributed by atoms with E-state index in [1.165, 1.54) is 50.1 Å². The Balaban J connectivity index is -0.000000155. The van der Waals surface area contributed by atoms with Gasteiger partial charge in [-0.2, -0.15) is 0 Å². The molecule has 274 valence electrons. The Bertz CT molecular complexity index is 1180. The summed E-state index contributed by atoms with van der Waals surface area (Å²) in [6, 6.07) is 44.0. The molecule has 0 saturated carbocycles. The lowest BCUT2D eigenvalue weighted by Crippen LogP contribution is -1.74. The van der Waals surface area contributed by atoms with Gasteiger partial charge in [-0.05, 0) is 73.4 Å². The van der Waals surface area contributed by atoms with Gasteiger partial charge in [-0.15, -0.1) is 0 Å². The lowest BCUT2D eigenvalue weighted by atomic mass is 10.1. The summed E-state index contributed by atoms with van der Waals surface area (Å²) in [5.41, 5.74) is 12.1. The largest absolute Gasteiger partial charge is 0.400 e. The van der Waals surface area contributed by atoms with Crippen LogP contribution in [0.15, 0.2) is 127 Å². The highest BCUT2D eigenvalue weighted by Crippen LogP contribution is 2.03. The third-order valence-corrected chi connectivity index (χ3v) is 5.98. The molecule has 49 heavy (non-hydrogen) atoms. The van der Waals surface area contributed by atoms with E-state index in [1.54, 1.807) is 0 Å². The van der Waals surface area contributed by atoms with Gasteiger partial charge in [0.25, 0.3) is 0 Å². The number of hydrogen-bond acceptors (Lipinski definition) is 1. The molecule has 0 atom stereocenters. The molecule has 0 aliphatic carbocycles. The topological polar surface area (TPSA) is 20.2 Å². The molecule has 0 fully saturated rings. The first-order valence-electron chi connectivity index (χ1n) is 18.1. The molecule has 1 heteroatoms. The maximum atomic E-state index is 7.00. The van der Waals surface area contributed by atoms with Crippen molar-refractivity contribution in [2.45, 2.75) is 118 Å². The van der Waals surface area contributed by atoms with Gasteiger partial charge in [-0.3, -0.25) is 0 Å². The van der Waals surface area contributed by atoms with Gasteiger partial charge in [-0.25, -0.2) is 0 Å². The number of hydrogen-bond donors (Lipinski definition) is 1. The van der Waals surface area contributed by atoms with E-state index in [0.717, 1.165) is 7.11 Å². The van der Waals surface area contributed by atoms with Crippen LogP contribution in [0.2, 0.25) is 0 Å². The van der Waals surface area contributed by atoms with Crippen LogP contribution in [0.1, 0.15) is 105 Å². The maximum Gasteiger partial charge on any atom is 0.0319 e. The Morgan fingerprint density at radius 3 is 0.612 bits per heavy atom. The van der Waals surface area contributed by atoms with Crippen molar-refractivity contribution in [3.63, 3.8) is 0 Å². The molecule has 5 rings (SSSR count). The number of rotatable bonds is 0. The van der Waals surface area contributed by atoms with Gasteiger partial charge in [0, 0.05) is 7.11 Å². The van der Waals surface area contributed by atoms with E-state index >= 15 is 0 Å². The summed E-state index contributed by atoms with van der Waals surface area (Å²) in [5.74, 6) is 0. The number of aryl methyl sites for hydroxylation is 9. The van der Waals surface area contributed by atoms with Gasteiger partial charge in [0.05, 0.1) is 0 Å². The minimum absolute atomic E-state index is 1.00. The molecule has 0 amide bonds. The molecule has 0 saturated heterocycles. The Labute approximate surface area is 306 Å². The zero-order chi connectivity index (χ0) is 39.0. The highest BCUT2D eigenvalue weighted by atomic mass is 16.2. The molecule has 5 aromatic carbocycles. The van der Waals surface area contributed by atoms with E-state index in [9.17, 15) is 0 Å². The second kappa shape index (κ2) is 42.1. The molecule has 1 N–H and O–H groups in total. The van der Waals surface area contributed by atoms with Crippen LogP contribution < -0.4 is 0 Å². The van der Waals surface area contributed by atoms with Crippen molar-refractivity contribution < 1.29 is 5.11 Å². The summed E-state index contributed by atoms with van der Waals surface area (Å²) >= 11 is 0. The average molecular weight is 669 g/mol. The van der Waals surface area contributed by atoms with Gasteiger partial charge >= 0.3 is 0 Å². The summed E-state index contributed by atoms with van der Waals surface area (Å²) in [6.45, 7) is 34.9. The van der Waals surface area contributed by atoms with E-state index in [0.29, 0.717) is 0 Å². The van der Waals surface area contributed by atoms with Gasteiger partial charge in [-0.1, -0.05) is 222 Å². The highest BCUT2D eigenvalue weighted by molar-refractivity contribution is 5.23. The molecule has 5 aromatic rings. The first kappa shape index (κ1) is 54.5. The Morgan fingerprint density at radius 2 is 0.449 bits per heavy atom. The average Bonchev–Trinajstić information content (AvgIpc) is 3.14. The van der Waals surface area contributed by atoms with Crippen LogP contribution in [-0.4, -0.2) is 12.2 Å². The summed E-state index contributed by atoms with van der Waals surface area (Å²) in [6.07, 6.45) is 0. The summed E-state index contributed by atoms with van der Waals surface area (Å²) in [4.78, 5) is 0. The van der Waals surface area contributed by atoms with Crippen LogP contribution in [0.25, 0.3) is 0 Å². The van der Waals surface area contributed by atoms with Crippen molar-refractivity contribution in [3.05, 3.63) is 177 Å². The predicted molar refractivity (Wildman–Crippen MR) is 228 cm³/mol. The molecule has 0 aliphatic rings. The van der Waals surface area contributed by atoms with Crippen molar-refractivity contribution in [2.75, 3.05) is 7.11 Å². The zero-order valence-electron chi connectivity index (χ0n) is 35.1. The lowest BCUT2D eigenvalue weighted by Gasteiger charge is -1.93. The molecule has 0 unspecified atom stereocenters. The Kier molecular flexibility index (Phi) is 46.8.